The number of halogens is 1. The molecule has 9 heteroatoms. The van der Waals surface area contributed by atoms with Crippen LogP contribution in [0, 0.1) is 15.9 Å². The number of ether oxygens (including phenoxy) is 1. The summed E-state index contributed by atoms with van der Waals surface area (Å²) in [5, 5.41) is 11.0. The van der Waals surface area contributed by atoms with Crippen LogP contribution in [-0.2, 0) is 4.74 Å². The number of nitrogens with zero attached hydrogens (tertiary/aromatic N) is 3. The molecule has 0 saturated carbocycles. The molecule has 2 aromatic carbocycles. The Morgan fingerprint density at radius 2 is 1.75 bits per heavy atom. The zero-order valence-corrected chi connectivity index (χ0v) is 15.1. The summed E-state index contributed by atoms with van der Waals surface area (Å²) in [5.41, 5.74) is 0.389. The summed E-state index contributed by atoms with van der Waals surface area (Å²) in [4.78, 5) is 38.4. The van der Waals surface area contributed by atoms with Crippen molar-refractivity contribution in [1.82, 2.24) is 4.90 Å². The van der Waals surface area contributed by atoms with Gasteiger partial charge in [-0.3, -0.25) is 14.9 Å². The van der Waals surface area contributed by atoms with Crippen LogP contribution in [0.3, 0.4) is 0 Å². The topological polar surface area (TPSA) is 93.0 Å². The van der Waals surface area contributed by atoms with Crippen molar-refractivity contribution in [3.63, 3.8) is 0 Å². The summed E-state index contributed by atoms with van der Waals surface area (Å²) >= 11 is 0. The van der Waals surface area contributed by atoms with Gasteiger partial charge in [-0.1, -0.05) is 12.1 Å². The Morgan fingerprint density at radius 1 is 1.07 bits per heavy atom. The molecule has 0 unspecified atom stereocenters. The van der Waals surface area contributed by atoms with E-state index in [1.807, 2.05) is 4.90 Å². The van der Waals surface area contributed by atoms with Crippen molar-refractivity contribution in [2.24, 2.45) is 0 Å². The van der Waals surface area contributed by atoms with Crippen molar-refractivity contribution in [3.05, 3.63) is 69.5 Å². The average molecular weight is 387 g/mol. The van der Waals surface area contributed by atoms with Crippen molar-refractivity contribution in [2.75, 3.05) is 38.2 Å². The van der Waals surface area contributed by atoms with E-state index in [2.05, 4.69) is 0 Å². The van der Waals surface area contributed by atoms with Crippen LogP contribution in [0.5, 0.6) is 0 Å². The molecule has 28 heavy (non-hydrogen) atoms. The summed E-state index contributed by atoms with van der Waals surface area (Å²) in [7, 11) is 1.20. The highest BCUT2D eigenvalue weighted by molar-refractivity contribution is 5.97. The van der Waals surface area contributed by atoms with E-state index in [0.29, 0.717) is 31.9 Å². The molecule has 0 spiro atoms. The number of nitro benzene ring substituents is 1. The Hall–Kier alpha value is -3.49. The Labute approximate surface area is 160 Å². The second-order valence-corrected chi connectivity index (χ2v) is 6.21. The first-order chi connectivity index (χ1) is 13.4. The Kier molecular flexibility index (Phi) is 5.53. The molecule has 8 nitrogen and oxygen atoms in total. The summed E-state index contributed by atoms with van der Waals surface area (Å²) in [6, 6.07) is 9.80. The van der Waals surface area contributed by atoms with Crippen molar-refractivity contribution < 1.29 is 23.6 Å². The van der Waals surface area contributed by atoms with Crippen molar-refractivity contribution in [2.45, 2.75) is 0 Å². The highest BCUT2D eigenvalue weighted by Gasteiger charge is 2.27. The van der Waals surface area contributed by atoms with E-state index in [-0.39, 0.29) is 16.8 Å². The minimum Gasteiger partial charge on any atom is -0.465 e. The summed E-state index contributed by atoms with van der Waals surface area (Å²) < 4.78 is 18.6. The summed E-state index contributed by atoms with van der Waals surface area (Å²) in [6.45, 7) is 1.43. The van der Waals surface area contributed by atoms with Gasteiger partial charge in [0.25, 0.3) is 11.6 Å². The van der Waals surface area contributed by atoms with E-state index in [9.17, 15) is 24.1 Å². The molecule has 1 aliphatic heterocycles. The van der Waals surface area contributed by atoms with Crippen LogP contribution in [0.2, 0.25) is 0 Å². The first kappa shape index (κ1) is 19.3. The molecular formula is C19H18FN3O5. The zero-order valence-electron chi connectivity index (χ0n) is 15.1. The number of hydrogen-bond donors (Lipinski definition) is 0. The smallest absolute Gasteiger partial charge is 0.340 e. The van der Waals surface area contributed by atoms with Gasteiger partial charge in [0.2, 0.25) is 0 Å². The largest absolute Gasteiger partial charge is 0.465 e. The molecule has 1 saturated heterocycles. The van der Waals surface area contributed by atoms with Gasteiger partial charge in [0.1, 0.15) is 5.82 Å². The summed E-state index contributed by atoms with van der Waals surface area (Å²) in [6.07, 6.45) is 0. The lowest BCUT2D eigenvalue weighted by Gasteiger charge is -2.36. The monoisotopic (exact) mass is 387 g/mol. The van der Waals surface area contributed by atoms with Crippen LogP contribution in [0.4, 0.5) is 15.8 Å². The number of carbonyl (C=O) groups excluding carboxylic acids is 2. The standard InChI is InChI=1S/C19H18FN3O5/c1-28-19(25)15-12-13(23(26)27)6-7-17(15)21-8-10-22(11-9-21)18(24)14-4-2-3-5-16(14)20/h2-7,12H,8-11H2,1H3. The molecule has 146 valence electrons. The number of piperazine rings is 1. The highest BCUT2D eigenvalue weighted by atomic mass is 19.1. The van der Waals surface area contributed by atoms with Crippen molar-refractivity contribution in [1.29, 1.82) is 0 Å². The van der Waals surface area contributed by atoms with Crippen LogP contribution in [-0.4, -0.2) is 55.0 Å². The average Bonchev–Trinajstić information content (AvgIpc) is 2.72. The fourth-order valence-corrected chi connectivity index (χ4v) is 3.14. The van der Waals surface area contributed by atoms with Gasteiger partial charge in [-0.05, 0) is 18.2 Å². The predicted octanol–water partition coefficient (Wildman–Crippen LogP) is 2.48. The molecule has 0 radical (unpaired) electrons. The van der Waals surface area contributed by atoms with Gasteiger partial charge in [0.15, 0.2) is 0 Å². The molecule has 1 aliphatic rings. The molecule has 0 aliphatic carbocycles. The number of hydrogen-bond acceptors (Lipinski definition) is 6. The van der Waals surface area contributed by atoms with Crippen molar-refractivity contribution >= 4 is 23.3 Å². The molecule has 0 atom stereocenters. The number of non-ortho nitro benzene ring substituents is 1. The molecule has 1 fully saturated rings. The number of methoxy groups -OCH3 is 1. The second-order valence-electron chi connectivity index (χ2n) is 6.21. The molecule has 0 N–H and O–H groups in total. The molecule has 1 amide bonds. The number of carbonyl (C=O) groups is 2. The molecule has 1 heterocycles. The quantitative estimate of drug-likeness (QED) is 0.455. The van der Waals surface area contributed by atoms with E-state index in [0.717, 1.165) is 0 Å². The van der Waals surface area contributed by atoms with Gasteiger partial charge in [-0.25, -0.2) is 9.18 Å². The SMILES string of the molecule is COC(=O)c1cc([N+](=O)[O-])ccc1N1CCN(C(=O)c2ccccc2F)CC1. The van der Waals surface area contributed by atoms with Gasteiger partial charge in [-0.15, -0.1) is 0 Å². The minimum absolute atomic E-state index is 0.0153. The fourth-order valence-electron chi connectivity index (χ4n) is 3.14. The maximum absolute atomic E-state index is 13.9. The van der Waals surface area contributed by atoms with Gasteiger partial charge < -0.3 is 14.5 Å². The first-order valence-corrected chi connectivity index (χ1v) is 8.58. The fraction of sp³-hybridized carbons (Fsp3) is 0.263. The molecular weight excluding hydrogens is 369 g/mol. The van der Waals surface area contributed by atoms with Gasteiger partial charge >= 0.3 is 5.97 Å². The lowest BCUT2D eigenvalue weighted by Crippen LogP contribution is -2.49. The number of anilines is 1. The number of benzene rings is 2. The lowest BCUT2D eigenvalue weighted by molar-refractivity contribution is -0.384. The van der Waals surface area contributed by atoms with Gasteiger partial charge in [-0.2, -0.15) is 0 Å². The van der Waals surface area contributed by atoms with Crippen LogP contribution in [0.25, 0.3) is 0 Å². The van der Waals surface area contributed by atoms with Crippen LogP contribution in [0.1, 0.15) is 20.7 Å². The number of rotatable bonds is 4. The van der Waals surface area contributed by atoms with E-state index in [4.69, 9.17) is 4.74 Å². The maximum atomic E-state index is 13.9. The third kappa shape index (κ3) is 3.78. The predicted molar refractivity (Wildman–Crippen MR) is 99.0 cm³/mol. The third-order valence-corrected chi connectivity index (χ3v) is 4.61. The van der Waals surface area contributed by atoms with Crippen LogP contribution in [0.15, 0.2) is 42.5 Å². The van der Waals surface area contributed by atoms with Gasteiger partial charge in [0.05, 0.1) is 28.8 Å². The molecule has 3 rings (SSSR count). The zero-order chi connectivity index (χ0) is 20.3. The second kappa shape index (κ2) is 8.03. The van der Waals surface area contributed by atoms with Crippen molar-refractivity contribution in [3.8, 4) is 0 Å². The Balaban J connectivity index is 1.78. The number of amides is 1. The Bertz CT molecular complexity index is 926. The Morgan fingerprint density at radius 3 is 2.36 bits per heavy atom. The molecule has 0 bridgehead atoms. The first-order valence-electron chi connectivity index (χ1n) is 8.58. The van der Waals surface area contributed by atoms with E-state index >= 15 is 0 Å². The number of esters is 1. The van der Waals surface area contributed by atoms with E-state index < -0.39 is 22.6 Å². The highest BCUT2D eigenvalue weighted by Crippen LogP contribution is 2.27. The molecule has 2 aromatic rings. The van der Waals surface area contributed by atoms with Crippen LogP contribution < -0.4 is 4.90 Å². The molecule has 0 aromatic heterocycles. The maximum Gasteiger partial charge on any atom is 0.340 e. The lowest BCUT2D eigenvalue weighted by atomic mass is 10.1. The summed E-state index contributed by atoms with van der Waals surface area (Å²) in [5.74, 6) is -1.64. The van der Waals surface area contributed by atoms with Crippen LogP contribution >= 0.6 is 0 Å². The third-order valence-electron chi connectivity index (χ3n) is 4.61. The minimum atomic E-state index is -0.677. The normalized spacial score (nSPS) is 13.9. The number of nitro groups is 1. The van der Waals surface area contributed by atoms with E-state index in [1.54, 1.807) is 6.07 Å². The van der Waals surface area contributed by atoms with Gasteiger partial charge in [0, 0.05) is 38.3 Å². The van der Waals surface area contributed by atoms with E-state index in [1.165, 1.54) is 48.4 Å².